The normalized spacial score (nSPS) is 15.1. The molecule has 2 amide bonds. The molecule has 31 heavy (non-hydrogen) atoms. The Kier molecular flexibility index (Phi) is 7.69. The lowest BCUT2D eigenvalue weighted by Crippen LogP contribution is -2.29. The molecule has 0 saturated carbocycles. The van der Waals surface area contributed by atoms with Gasteiger partial charge in [0, 0.05) is 30.8 Å². The molecule has 0 unspecified atom stereocenters. The monoisotopic (exact) mass is 453 g/mol. The number of amides is 2. The number of thioether (sulfide) groups is 1. The number of allylic oxidation sites excluding steroid dienone is 2. The van der Waals surface area contributed by atoms with Crippen molar-refractivity contribution in [2.75, 3.05) is 11.9 Å². The molecule has 158 valence electrons. The van der Waals surface area contributed by atoms with E-state index >= 15 is 0 Å². The highest BCUT2D eigenvalue weighted by molar-refractivity contribution is 8.26. The number of benzene rings is 2. The van der Waals surface area contributed by atoms with E-state index in [2.05, 4.69) is 5.32 Å². The first kappa shape index (κ1) is 22.4. The van der Waals surface area contributed by atoms with Gasteiger partial charge in [-0.2, -0.15) is 0 Å². The SMILES string of the molecule is O=C(CCCN1C(=O)C(=CC=Cc2ccccc2)SC1=S)Nc1ccc([N+](=O)[O-])cc1. The first-order valence-electron chi connectivity index (χ1n) is 9.45. The number of rotatable bonds is 8. The molecule has 0 atom stereocenters. The summed E-state index contributed by atoms with van der Waals surface area (Å²) in [4.78, 5) is 36.9. The van der Waals surface area contributed by atoms with Gasteiger partial charge in [0.15, 0.2) is 0 Å². The van der Waals surface area contributed by atoms with Crippen molar-refractivity contribution in [1.29, 1.82) is 0 Å². The zero-order valence-electron chi connectivity index (χ0n) is 16.4. The van der Waals surface area contributed by atoms with Gasteiger partial charge in [-0.25, -0.2) is 0 Å². The second kappa shape index (κ2) is 10.6. The van der Waals surface area contributed by atoms with Gasteiger partial charge < -0.3 is 5.32 Å². The Morgan fingerprint density at radius 2 is 1.87 bits per heavy atom. The molecule has 0 spiro atoms. The van der Waals surface area contributed by atoms with Gasteiger partial charge in [-0.05, 0) is 30.2 Å². The lowest BCUT2D eigenvalue weighted by Gasteiger charge is -2.14. The fourth-order valence-electron chi connectivity index (χ4n) is 2.81. The summed E-state index contributed by atoms with van der Waals surface area (Å²) < 4.78 is 0.472. The van der Waals surface area contributed by atoms with Gasteiger partial charge in [-0.1, -0.05) is 66.5 Å². The van der Waals surface area contributed by atoms with E-state index in [0.29, 0.717) is 27.9 Å². The number of nitro groups is 1. The molecular formula is C22H19N3O4S2. The number of nitrogens with one attached hydrogen (secondary N) is 1. The predicted molar refractivity (Wildman–Crippen MR) is 126 cm³/mol. The zero-order chi connectivity index (χ0) is 22.2. The highest BCUT2D eigenvalue weighted by Gasteiger charge is 2.31. The molecule has 9 heteroatoms. The van der Waals surface area contributed by atoms with Crippen LogP contribution in [0.2, 0.25) is 0 Å². The maximum Gasteiger partial charge on any atom is 0.269 e. The van der Waals surface area contributed by atoms with E-state index in [1.165, 1.54) is 40.9 Å². The second-order valence-electron chi connectivity index (χ2n) is 6.58. The van der Waals surface area contributed by atoms with E-state index in [4.69, 9.17) is 12.2 Å². The van der Waals surface area contributed by atoms with Crippen LogP contribution in [-0.2, 0) is 9.59 Å². The summed E-state index contributed by atoms with van der Waals surface area (Å²) in [7, 11) is 0. The van der Waals surface area contributed by atoms with Crippen molar-refractivity contribution in [3.05, 3.63) is 87.3 Å². The third kappa shape index (κ3) is 6.34. The lowest BCUT2D eigenvalue weighted by atomic mass is 10.2. The van der Waals surface area contributed by atoms with Crippen LogP contribution in [0.5, 0.6) is 0 Å². The van der Waals surface area contributed by atoms with Crippen molar-refractivity contribution in [2.45, 2.75) is 12.8 Å². The minimum atomic E-state index is -0.500. The fraction of sp³-hybridized carbons (Fsp3) is 0.136. The first-order valence-corrected chi connectivity index (χ1v) is 10.7. The van der Waals surface area contributed by atoms with E-state index < -0.39 is 4.92 Å². The topological polar surface area (TPSA) is 92.6 Å². The quantitative estimate of drug-likeness (QED) is 0.268. The van der Waals surface area contributed by atoms with E-state index in [0.717, 1.165) is 5.56 Å². The molecule has 1 heterocycles. The van der Waals surface area contributed by atoms with Crippen molar-refractivity contribution < 1.29 is 14.5 Å². The second-order valence-corrected chi connectivity index (χ2v) is 8.26. The molecule has 1 fully saturated rings. The number of nitro benzene ring substituents is 1. The third-order valence-electron chi connectivity index (χ3n) is 4.36. The maximum absolute atomic E-state index is 12.6. The summed E-state index contributed by atoms with van der Waals surface area (Å²) in [6.45, 7) is 0.345. The minimum absolute atomic E-state index is 0.0426. The van der Waals surface area contributed by atoms with Gasteiger partial charge in [0.2, 0.25) is 5.91 Å². The average molecular weight is 454 g/mol. The van der Waals surface area contributed by atoms with Crippen molar-refractivity contribution >= 4 is 57.6 Å². The van der Waals surface area contributed by atoms with Crippen molar-refractivity contribution in [3.63, 3.8) is 0 Å². The predicted octanol–water partition coefficient (Wildman–Crippen LogP) is 4.77. The van der Waals surface area contributed by atoms with Crippen molar-refractivity contribution in [2.24, 2.45) is 0 Å². The van der Waals surface area contributed by atoms with Gasteiger partial charge in [0.1, 0.15) is 4.32 Å². The van der Waals surface area contributed by atoms with E-state index in [1.807, 2.05) is 42.5 Å². The molecule has 1 aliphatic rings. The third-order valence-corrected chi connectivity index (χ3v) is 5.75. The number of anilines is 1. The number of carbonyl (C=O) groups excluding carboxylic acids is 2. The van der Waals surface area contributed by atoms with Crippen LogP contribution in [-0.4, -0.2) is 32.5 Å². The van der Waals surface area contributed by atoms with Crippen LogP contribution in [0.1, 0.15) is 18.4 Å². The van der Waals surface area contributed by atoms with Crippen LogP contribution in [0.3, 0.4) is 0 Å². The molecule has 3 rings (SSSR count). The summed E-state index contributed by atoms with van der Waals surface area (Å²) in [6.07, 6.45) is 6.11. The molecule has 1 saturated heterocycles. The molecule has 0 aliphatic carbocycles. The number of thiocarbonyl (C=S) groups is 1. The molecule has 0 aromatic heterocycles. The summed E-state index contributed by atoms with van der Waals surface area (Å²) in [5.41, 5.74) is 1.47. The van der Waals surface area contributed by atoms with Gasteiger partial charge in [-0.3, -0.25) is 24.6 Å². The molecule has 1 aliphatic heterocycles. The zero-order valence-corrected chi connectivity index (χ0v) is 18.0. The number of hydrogen-bond donors (Lipinski definition) is 1. The smallest absolute Gasteiger partial charge is 0.269 e. The molecule has 7 nitrogen and oxygen atoms in total. The van der Waals surface area contributed by atoms with Crippen LogP contribution in [0, 0.1) is 10.1 Å². The number of non-ortho nitro benzene ring substituents is 1. The standard InChI is InChI=1S/C22H19N3O4S2/c26-20(23-17-11-13-18(14-12-17)25(28)29)10-5-15-24-21(27)19(31-22(24)30)9-4-8-16-6-2-1-3-7-16/h1-4,6-9,11-14H,5,10,15H2,(H,23,26). The van der Waals surface area contributed by atoms with Crippen LogP contribution >= 0.6 is 24.0 Å². The number of nitrogens with zero attached hydrogens (tertiary/aromatic N) is 2. The van der Waals surface area contributed by atoms with E-state index in [1.54, 1.807) is 6.08 Å². The van der Waals surface area contributed by atoms with Crippen molar-refractivity contribution in [3.8, 4) is 0 Å². The average Bonchev–Trinajstić information content (AvgIpc) is 3.02. The van der Waals surface area contributed by atoms with Crippen LogP contribution in [0.25, 0.3) is 6.08 Å². The van der Waals surface area contributed by atoms with Gasteiger partial charge in [0.05, 0.1) is 9.83 Å². The Morgan fingerprint density at radius 1 is 1.16 bits per heavy atom. The fourth-order valence-corrected chi connectivity index (χ4v) is 4.07. The molecule has 0 bridgehead atoms. The summed E-state index contributed by atoms with van der Waals surface area (Å²) in [5, 5.41) is 13.4. The molecule has 1 N–H and O–H groups in total. The summed E-state index contributed by atoms with van der Waals surface area (Å²) >= 11 is 6.55. The highest BCUT2D eigenvalue weighted by atomic mass is 32.2. The van der Waals surface area contributed by atoms with Gasteiger partial charge in [0.25, 0.3) is 11.6 Å². The van der Waals surface area contributed by atoms with E-state index in [9.17, 15) is 19.7 Å². The Bertz CT molecular complexity index is 1050. The first-order chi connectivity index (χ1) is 14.9. The summed E-state index contributed by atoms with van der Waals surface area (Å²) in [5.74, 6) is -0.399. The Hall–Kier alpha value is -3.30. The van der Waals surface area contributed by atoms with Crippen LogP contribution in [0.15, 0.2) is 71.7 Å². The number of carbonyl (C=O) groups is 2. The Labute approximate surface area is 189 Å². The highest BCUT2D eigenvalue weighted by Crippen LogP contribution is 2.31. The van der Waals surface area contributed by atoms with Gasteiger partial charge >= 0.3 is 0 Å². The lowest BCUT2D eigenvalue weighted by molar-refractivity contribution is -0.384. The Morgan fingerprint density at radius 3 is 2.55 bits per heavy atom. The maximum atomic E-state index is 12.6. The largest absolute Gasteiger partial charge is 0.326 e. The summed E-state index contributed by atoms with van der Waals surface area (Å²) in [6, 6.07) is 15.4. The minimum Gasteiger partial charge on any atom is -0.326 e. The van der Waals surface area contributed by atoms with E-state index in [-0.39, 0.29) is 23.9 Å². The molecular weight excluding hydrogens is 434 g/mol. The Balaban J connectivity index is 1.47. The molecule has 2 aromatic rings. The van der Waals surface area contributed by atoms with Crippen LogP contribution in [0.4, 0.5) is 11.4 Å². The van der Waals surface area contributed by atoms with Crippen molar-refractivity contribution in [1.82, 2.24) is 4.90 Å². The van der Waals surface area contributed by atoms with Gasteiger partial charge in [-0.15, -0.1) is 0 Å². The molecule has 2 aromatic carbocycles. The molecule has 0 radical (unpaired) electrons. The van der Waals surface area contributed by atoms with Crippen LogP contribution < -0.4 is 5.32 Å². The number of hydrogen-bond acceptors (Lipinski definition) is 6.